The zero-order valence-electron chi connectivity index (χ0n) is 7.94. The third-order valence-corrected chi connectivity index (χ3v) is 3.21. The van der Waals surface area contributed by atoms with Crippen molar-refractivity contribution in [3.63, 3.8) is 0 Å². The van der Waals surface area contributed by atoms with E-state index < -0.39 is 7.82 Å². The molecule has 2 unspecified atom stereocenters. The Morgan fingerprint density at radius 2 is 1.92 bits per heavy atom. The third kappa shape index (κ3) is 8.86. The third-order valence-electron chi connectivity index (χ3n) is 1.64. The maximum absolute atomic E-state index is 10.8. The highest BCUT2D eigenvalue weighted by atomic mass is 31.2. The molecule has 13 heavy (non-hydrogen) atoms. The summed E-state index contributed by atoms with van der Waals surface area (Å²) >= 11 is 0. The summed E-state index contributed by atoms with van der Waals surface area (Å²) in [4.78, 5) is 8.82. The van der Waals surface area contributed by atoms with Crippen molar-refractivity contribution in [2.45, 2.75) is 39.0 Å². The van der Waals surface area contributed by atoms with Crippen LogP contribution < -0.4 is 0 Å². The van der Waals surface area contributed by atoms with E-state index in [1.807, 2.05) is 0 Å². The van der Waals surface area contributed by atoms with Crippen LogP contribution in [0.1, 0.15) is 39.0 Å². The molecule has 0 aliphatic heterocycles. The van der Waals surface area contributed by atoms with E-state index in [9.17, 15) is 4.57 Å². The molecular formula is C7H18O4P2. The average Bonchev–Trinajstić information content (AvgIpc) is 2.11. The number of rotatable bonds is 8. The molecule has 2 atom stereocenters. The number of phosphoric ester groups is 1. The van der Waals surface area contributed by atoms with Crippen molar-refractivity contribution < 1.29 is 18.3 Å². The fourth-order valence-corrected chi connectivity index (χ4v) is 1.52. The standard InChI is InChI=1S/C7H18O4P2/c1-2-3-4-5-6-7-10-13(8,9)11-12/h2-7,12H2,1H3,(H,8,9). The molecular weight excluding hydrogens is 210 g/mol. The minimum absolute atomic E-state index is 0.284. The van der Waals surface area contributed by atoms with Crippen LogP contribution in [0.3, 0.4) is 0 Å². The summed E-state index contributed by atoms with van der Waals surface area (Å²) in [5.41, 5.74) is 0. The molecule has 0 fully saturated rings. The van der Waals surface area contributed by atoms with Gasteiger partial charge in [-0.25, -0.2) is 4.57 Å². The highest BCUT2D eigenvalue weighted by Crippen LogP contribution is 2.45. The van der Waals surface area contributed by atoms with Crippen molar-refractivity contribution in [2.24, 2.45) is 0 Å². The van der Waals surface area contributed by atoms with Gasteiger partial charge in [0.15, 0.2) is 0 Å². The molecule has 0 aliphatic rings. The first-order valence-electron chi connectivity index (χ1n) is 4.48. The van der Waals surface area contributed by atoms with Crippen LogP contribution in [0.2, 0.25) is 0 Å². The largest absolute Gasteiger partial charge is 0.474 e. The van der Waals surface area contributed by atoms with Crippen molar-refractivity contribution >= 4 is 17.3 Å². The van der Waals surface area contributed by atoms with Crippen LogP contribution in [0.15, 0.2) is 0 Å². The molecule has 0 aromatic rings. The van der Waals surface area contributed by atoms with Crippen molar-refractivity contribution in [2.75, 3.05) is 6.61 Å². The van der Waals surface area contributed by atoms with Crippen LogP contribution in [0.25, 0.3) is 0 Å². The van der Waals surface area contributed by atoms with Gasteiger partial charge in [0.1, 0.15) is 0 Å². The van der Waals surface area contributed by atoms with Gasteiger partial charge < -0.3 is 4.89 Å². The molecule has 0 spiro atoms. The molecule has 80 valence electrons. The van der Waals surface area contributed by atoms with Crippen LogP contribution in [0.5, 0.6) is 0 Å². The van der Waals surface area contributed by atoms with E-state index in [1.165, 1.54) is 12.8 Å². The monoisotopic (exact) mass is 228 g/mol. The molecule has 0 aromatic heterocycles. The molecule has 1 N–H and O–H groups in total. The van der Waals surface area contributed by atoms with Crippen LogP contribution in [-0.4, -0.2) is 11.5 Å². The van der Waals surface area contributed by atoms with E-state index in [0.29, 0.717) is 0 Å². The van der Waals surface area contributed by atoms with Gasteiger partial charge in [0.2, 0.25) is 0 Å². The SMILES string of the molecule is CCCCCCCOP(=O)(O)OP. The minimum atomic E-state index is -3.77. The first-order valence-corrected chi connectivity index (χ1v) is 6.45. The molecule has 0 amide bonds. The molecule has 0 aliphatic carbocycles. The highest BCUT2D eigenvalue weighted by Gasteiger charge is 2.17. The van der Waals surface area contributed by atoms with Crippen LogP contribution in [0.4, 0.5) is 0 Å². The minimum Gasteiger partial charge on any atom is -0.302 e. The lowest BCUT2D eigenvalue weighted by Crippen LogP contribution is -1.92. The quantitative estimate of drug-likeness (QED) is 0.512. The Morgan fingerprint density at radius 1 is 1.31 bits per heavy atom. The molecule has 0 bridgehead atoms. The molecule has 0 radical (unpaired) electrons. The van der Waals surface area contributed by atoms with E-state index in [0.717, 1.165) is 19.3 Å². The second-order valence-electron chi connectivity index (χ2n) is 2.82. The average molecular weight is 228 g/mol. The summed E-state index contributed by atoms with van der Waals surface area (Å²) < 4.78 is 19.6. The number of phosphoric acid groups is 1. The summed E-state index contributed by atoms with van der Waals surface area (Å²) in [5, 5.41) is 0. The van der Waals surface area contributed by atoms with E-state index >= 15 is 0 Å². The lowest BCUT2D eigenvalue weighted by Gasteiger charge is -2.07. The van der Waals surface area contributed by atoms with Gasteiger partial charge in [-0.3, -0.25) is 8.83 Å². The van der Waals surface area contributed by atoms with E-state index in [2.05, 4.69) is 15.8 Å². The zero-order chi connectivity index (χ0) is 10.2. The Morgan fingerprint density at radius 3 is 2.46 bits per heavy atom. The Balaban J connectivity index is 3.21. The molecule has 0 rings (SSSR count). The van der Waals surface area contributed by atoms with E-state index in [1.54, 1.807) is 9.47 Å². The maximum atomic E-state index is 10.8. The van der Waals surface area contributed by atoms with Gasteiger partial charge in [0.05, 0.1) is 6.61 Å². The van der Waals surface area contributed by atoms with Crippen molar-refractivity contribution in [1.29, 1.82) is 0 Å². The number of unbranched alkanes of at least 4 members (excludes halogenated alkanes) is 4. The van der Waals surface area contributed by atoms with Gasteiger partial charge in [-0.05, 0) is 6.42 Å². The van der Waals surface area contributed by atoms with E-state index in [-0.39, 0.29) is 6.61 Å². The van der Waals surface area contributed by atoms with Crippen LogP contribution in [-0.2, 0) is 13.4 Å². The molecule has 0 saturated carbocycles. The first kappa shape index (κ1) is 13.5. The first-order chi connectivity index (χ1) is 6.12. The summed E-state index contributed by atoms with van der Waals surface area (Å²) in [6, 6.07) is 0. The Labute approximate surface area is 81.9 Å². The summed E-state index contributed by atoms with van der Waals surface area (Å²) in [7, 11) is -2.04. The van der Waals surface area contributed by atoms with Crippen LogP contribution >= 0.6 is 17.3 Å². The fraction of sp³-hybridized carbons (Fsp3) is 1.00. The van der Waals surface area contributed by atoms with Crippen LogP contribution in [0, 0.1) is 0 Å². The lowest BCUT2D eigenvalue weighted by molar-refractivity contribution is 0.207. The summed E-state index contributed by atoms with van der Waals surface area (Å²) in [5.74, 6) is 0. The summed E-state index contributed by atoms with van der Waals surface area (Å²) in [6.07, 6.45) is 5.38. The molecule has 0 aromatic carbocycles. The van der Waals surface area contributed by atoms with Crippen molar-refractivity contribution in [3.05, 3.63) is 0 Å². The predicted octanol–water partition coefficient (Wildman–Crippen LogP) is 2.88. The van der Waals surface area contributed by atoms with Gasteiger partial charge in [0, 0.05) is 9.47 Å². The molecule has 0 heterocycles. The molecule has 6 heteroatoms. The second-order valence-corrected chi connectivity index (χ2v) is 4.86. The predicted molar refractivity (Wildman–Crippen MR) is 55.3 cm³/mol. The molecule has 4 nitrogen and oxygen atoms in total. The normalized spacial score (nSPS) is 15.6. The zero-order valence-corrected chi connectivity index (χ0v) is 9.99. The number of hydrogen-bond acceptors (Lipinski definition) is 3. The van der Waals surface area contributed by atoms with Gasteiger partial charge in [-0.2, -0.15) is 0 Å². The Kier molecular flexibility index (Phi) is 8.23. The van der Waals surface area contributed by atoms with Crippen molar-refractivity contribution in [3.8, 4) is 0 Å². The fourth-order valence-electron chi connectivity index (χ4n) is 0.916. The second kappa shape index (κ2) is 7.90. The van der Waals surface area contributed by atoms with Gasteiger partial charge in [-0.15, -0.1) is 0 Å². The number of hydrogen-bond donors (Lipinski definition) is 1. The maximum Gasteiger partial charge on any atom is 0.474 e. The highest BCUT2D eigenvalue weighted by molar-refractivity contribution is 7.52. The lowest BCUT2D eigenvalue weighted by atomic mass is 10.2. The smallest absolute Gasteiger partial charge is 0.302 e. The van der Waals surface area contributed by atoms with Gasteiger partial charge in [0.25, 0.3) is 0 Å². The summed E-state index contributed by atoms with van der Waals surface area (Å²) in [6.45, 7) is 2.42. The van der Waals surface area contributed by atoms with Gasteiger partial charge >= 0.3 is 7.82 Å². The Bertz CT molecular complexity index is 163. The van der Waals surface area contributed by atoms with Crippen molar-refractivity contribution in [1.82, 2.24) is 0 Å². The van der Waals surface area contributed by atoms with Gasteiger partial charge in [-0.1, -0.05) is 32.6 Å². The Hall–Kier alpha value is 0.540. The topological polar surface area (TPSA) is 55.8 Å². The molecule has 0 saturated heterocycles. The van der Waals surface area contributed by atoms with E-state index in [4.69, 9.17) is 4.89 Å².